The van der Waals surface area contributed by atoms with Gasteiger partial charge in [-0.2, -0.15) is 0 Å². The SMILES string of the molecule is CNC(C)c1c(Br)c2cccc3c2n1CC3. The molecule has 1 N–H and O–H groups in total. The maximum Gasteiger partial charge on any atom is 0.0528 e. The van der Waals surface area contributed by atoms with Crippen molar-refractivity contribution in [2.24, 2.45) is 0 Å². The summed E-state index contributed by atoms with van der Waals surface area (Å²) in [5.74, 6) is 0. The fourth-order valence-electron chi connectivity index (χ4n) is 2.69. The fourth-order valence-corrected chi connectivity index (χ4v) is 3.57. The highest BCUT2D eigenvalue weighted by Gasteiger charge is 2.24. The summed E-state index contributed by atoms with van der Waals surface area (Å²) < 4.78 is 3.71. The third kappa shape index (κ3) is 1.22. The minimum Gasteiger partial charge on any atom is -0.342 e. The molecular formula is C13H15BrN2. The number of aromatic nitrogens is 1. The van der Waals surface area contributed by atoms with Gasteiger partial charge >= 0.3 is 0 Å². The molecule has 1 aromatic carbocycles. The van der Waals surface area contributed by atoms with Crippen molar-refractivity contribution in [2.75, 3.05) is 7.05 Å². The van der Waals surface area contributed by atoms with Crippen LogP contribution >= 0.6 is 15.9 Å². The van der Waals surface area contributed by atoms with E-state index in [0.29, 0.717) is 6.04 Å². The lowest BCUT2D eigenvalue weighted by Gasteiger charge is -2.13. The van der Waals surface area contributed by atoms with Gasteiger partial charge in [-0.1, -0.05) is 18.2 Å². The molecule has 0 spiro atoms. The molecule has 1 aliphatic rings. The van der Waals surface area contributed by atoms with Crippen LogP contribution in [0.3, 0.4) is 0 Å². The van der Waals surface area contributed by atoms with Gasteiger partial charge in [0.25, 0.3) is 0 Å². The van der Waals surface area contributed by atoms with Gasteiger partial charge < -0.3 is 9.88 Å². The molecule has 16 heavy (non-hydrogen) atoms. The number of aryl methyl sites for hydroxylation is 2. The summed E-state index contributed by atoms with van der Waals surface area (Å²) >= 11 is 3.75. The van der Waals surface area contributed by atoms with E-state index in [1.165, 1.54) is 33.1 Å². The van der Waals surface area contributed by atoms with Gasteiger partial charge in [0.2, 0.25) is 0 Å². The van der Waals surface area contributed by atoms with Crippen molar-refractivity contribution >= 4 is 26.8 Å². The Balaban J connectivity index is 2.37. The summed E-state index contributed by atoms with van der Waals surface area (Å²) in [6.45, 7) is 3.32. The molecule has 0 amide bonds. The van der Waals surface area contributed by atoms with Gasteiger partial charge in [0, 0.05) is 28.1 Å². The second kappa shape index (κ2) is 3.60. The van der Waals surface area contributed by atoms with Crippen LogP contribution in [0.15, 0.2) is 22.7 Å². The summed E-state index contributed by atoms with van der Waals surface area (Å²) in [6.07, 6.45) is 1.17. The van der Waals surface area contributed by atoms with Crippen molar-refractivity contribution < 1.29 is 0 Å². The van der Waals surface area contributed by atoms with Crippen LogP contribution in [0.2, 0.25) is 0 Å². The zero-order valence-corrected chi connectivity index (χ0v) is 11.1. The van der Waals surface area contributed by atoms with Crippen LogP contribution in [-0.2, 0) is 13.0 Å². The quantitative estimate of drug-likeness (QED) is 0.893. The second-order valence-corrected chi connectivity index (χ2v) is 5.22. The van der Waals surface area contributed by atoms with E-state index in [9.17, 15) is 0 Å². The van der Waals surface area contributed by atoms with E-state index in [0.717, 1.165) is 6.54 Å². The largest absolute Gasteiger partial charge is 0.342 e. The minimum absolute atomic E-state index is 0.382. The Bertz CT molecular complexity index is 557. The van der Waals surface area contributed by atoms with E-state index >= 15 is 0 Å². The van der Waals surface area contributed by atoms with Gasteiger partial charge in [-0.3, -0.25) is 0 Å². The van der Waals surface area contributed by atoms with Crippen LogP contribution in [0, 0.1) is 0 Å². The van der Waals surface area contributed by atoms with Gasteiger partial charge in [-0.25, -0.2) is 0 Å². The van der Waals surface area contributed by atoms with Crippen molar-refractivity contribution in [1.82, 2.24) is 9.88 Å². The molecule has 0 bridgehead atoms. The Morgan fingerprint density at radius 2 is 2.25 bits per heavy atom. The summed E-state index contributed by atoms with van der Waals surface area (Å²) in [4.78, 5) is 0. The standard InChI is InChI=1S/C13H15BrN2/c1-8(15-2)12-11(14)10-5-3-4-9-6-7-16(12)13(9)10/h3-5,8,15H,6-7H2,1-2H3. The summed E-state index contributed by atoms with van der Waals surface area (Å²) in [5, 5.41) is 4.68. The zero-order chi connectivity index (χ0) is 11.3. The summed E-state index contributed by atoms with van der Waals surface area (Å²) in [5.41, 5.74) is 4.28. The molecule has 3 rings (SSSR count). The number of halogens is 1. The molecule has 1 aromatic heterocycles. The number of nitrogens with one attached hydrogen (secondary N) is 1. The van der Waals surface area contributed by atoms with E-state index in [4.69, 9.17) is 0 Å². The molecule has 0 saturated carbocycles. The molecule has 0 saturated heterocycles. The molecule has 2 heterocycles. The number of hydrogen-bond donors (Lipinski definition) is 1. The van der Waals surface area contributed by atoms with Crippen molar-refractivity contribution in [3.05, 3.63) is 33.9 Å². The van der Waals surface area contributed by atoms with Crippen molar-refractivity contribution in [2.45, 2.75) is 25.9 Å². The van der Waals surface area contributed by atoms with Gasteiger partial charge in [0.05, 0.1) is 5.52 Å². The lowest BCUT2D eigenvalue weighted by Crippen LogP contribution is -2.16. The predicted molar refractivity (Wildman–Crippen MR) is 70.8 cm³/mol. The fraction of sp³-hybridized carbons (Fsp3) is 0.385. The first kappa shape index (κ1) is 10.4. The highest BCUT2D eigenvalue weighted by molar-refractivity contribution is 9.10. The molecule has 84 valence electrons. The van der Waals surface area contributed by atoms with Crippen LogP contribution in [-0.4, -0.2) is 11.6 Å². The van der Waals surface area contributed by atoms with E-state index < -0.39 is 0 Å². The van der Waals surface area contributed by atoms with Crippen molar-refractivity contribution in [3.8, 4) is 0 Å². The molecule has 2 aromatic rings. The summed E-state index contributed by atoms with van der Waals surface area (Å²) in [7, 11) is 2.01. The highest BCUT2D eigenvalue weighted by atomic mass is 79.9. The second-order valence-electron chi connectivity index (χ2n) is 4.42. The van der Waals surface area contributed by atoms with Crippen LogP contribution in [0.4, 0.5) is 0 Å². The third-order valence-electron chi connectivity index (χ3n) is 3.59. The number of hydrogen-bond acceptors (Lipinski definition) is 1. The lowest BCUT2D eigenvalue weighted by atomic mass is 10.1. The minimum atomic E-state index is 0.382. The van der Waals surface area contributed by atoms with E-state index in [2.05, 4.69) is 50.9 Å². The molecule has 0 radical (unpaired) electrons. The van der Waals surface area contributed by atoms with Gasteiger partial charge in [-0.05, 0) is 41.9 Å². The monoisotopic (exact) mass is 278 g/mol. The molecular weight excluding hydrogens is 264 g/mol. The highest BCUT2D eigenvalue weighted by Crippen LogP contribution is 2.39. The number of para-hydroxylation sites is 1. The van der Waals surface area contributed by atoms with Crippen LogP contribution in [0.25, 0.3) is 10.9 Å². The molecule has 1 aliphatic heterocycles. The number of benzene rings is 1. The molecule has 2 nitrogen and oxygen atoms in total. The Morgan fingerprint density at radius 3 is 3.00 bits per heavy atom. The normalized spacial score (nSPS) is 15.9. The molecule has 0 fully saturated rings. The Morgan fingerprint density at radius 1 is 1.44 bits per heavy atom. The number of rotatable bonds is 2. The summed E-state index contributed by atoms with van der Waals surface area (Å²) in [6, 6.07) is 6.99. The Labute approximate surface area is 104 Å². The maximum atomic E-state index is 3.75. The first-order valence-corrected chi connectivity index (χ1v) is 6.50. The van der Waals surface area contributed by atoms with Crippen molar-refractivity contribution in [3.63, 3.8) is 0 Å². The number of nitrogens with zero attached hydrogens (tertiary/aromatic N) is 1. The van der Waals surface area contributed by atoms with Crippen LogP contribution < -0.4 is 5.32 Å². The lowest BCUT2D eigenvalue weighted by molar-refractivity contribution is 0.585. The van der Waals surface area contributed by atoms with E-state index in [-0.39, 0.29) is 0 Å². The smallest absolute Gasteiger partial charge is 0.0528 e. The van der Waals surface area contributed by atoms with Crippen LogP contribution in [0.5, 0.6) is 0 Å². The van der Waals surface area contributed by atoms with Gasteiger partial charge in [-0.15, -0.1) is 0 Å². The molecule has 1 unspecified atom stereocenters. The average molecular weight is 279 g/mol. The topological polar surface area (TPSA) is 17.0 Å². The van der Waals surface area contributed by atoms with Gasteiger partial charge in [0.1, 0.15) is 0 Å². The average Bonchev–Trinajstić information content (AvgIpc) is 2.84. The van der Waals surface area contributed by atoms with Gasteiger partial charge in [0.15, 0.2) is 0 Å². The predicted octanol–water partition coefficient (Wildman–Crippen LogP) is 3.24. The van der Waals surface area contributed by atoms with E-state index in [1.54, 1.807) is 0 Å². The third-order valence-corrected chi connectivity index (χ3v) is 4.42. The first-order chi connectivity index (χ1) is 7.74. The maximum absolute atomic E-state index is 3.75. The molecule has 3 heteroatoms. The Hall–Kier alpha value is -0.800. The van der Waals surface area contributed by atoms with Crippen molar-refractivity contribution in [1.29, 1.82) is 0 Å². The zero-order valence-electron chi connectivity index (χ0n) is 9.55. The Kier molecular flexibility index (Phi) is 2.33. The molecule has 0 aliphatic carbocycles. The molecule has 1 atom stereocenters. The van der Waals surface area contributed by atoms with Crippen LogP contribution in [0.1, 0.15) is 24.2 Å². The van der Waals surface area contributed by atoms with E-state index in [1.807, 2.05) is 7.05 Å². The first-order valence-electron chi connectivity index (χ1n) is 5.70.